The number of rotatable bonds is 12. The third-order valence-corrected chi connectivity index (χ3v) is 6.42. The molecular weight excluding hydrogens is 609 g/mol. The summed E-state index contributed by atoms with van der Waals surface area (Å²) in [5.74, 6) is -0.494. The van der Waals surface area contributed by atoms with Crippen molar-refractivity contribution < 1.29 is 32.7 Å². The average molecular weight is 639 g/mol. The van der Waals surface area contributed by atoms with E-state index < -0.39 is 23.8 Å². The number of carbonyl (C=O) groups is 3. The Labute approximate surface area is 253 Å². The first kappa shape index (κ1) is 33.8. The smallest absolute Gasteiger partial charge is 0.435 e. The maximum atomic E-state index is 13.4. The number of benzene rings is 1. The molecule has 14 nitrogen and oxygen atoms in total. The molecule has 0 spiro atoms. The molecule has 18 heteroatoms. The Bertz CT molecular complexity index is 1580. The highest BCUT2D eigenvalue weighted by Crippen LogP contribution is 2.36. The molecular formula is C26H30ClF3N10O4. The molecule has 0 saturated carbocycles. The topological polar surface area (TPSA) is 218 Å². The van der Waals surface area contributed by atoms with Gasteiger partial charge in [0.15, 0.2) is 17.2 Å². The number of carboxylic acid groups (broad SMARTS) is 1. The summed E-state index contributed by atoms with van der Waals surface area (Å²) in [6.45, 7) is 0.648. The quantitative estimate of drug-likeness (QED) is 0.0888. The Kier molecular flexibility index (Phi) is 12.0. The summed E-state index contributed by atoms with van der Waals surface area (Å²) in [4.78, 5) is 41.5. The lowest BCUT2D eigenvalue weighted by molar-refractivity contribution is -0.140. The van der Waals surface area contributed by atoms with Crippen molar-refractivity contribution in [2.45, 2.75) is 31.5 Å². The predicted octanol–water partition coefficient (Wildman–Crippen LogP) is 2.54. The van der Waals surface area contributed by atoms with Crippen molar-refractivity contribution in [1.82, 2.24) is 35.2 Å². The summed E-state index contributed by atoms with van der Waals surface area (Å²) >= 11 is 6.35. The van der Waals surface area contributed by atoms with Crippen LogP contribution in [-0.4, -0.2) is 73.6 Å². The third kappa shape index (κ3) is 8.65. The molecule has 0 saturated heterocycles. The van der Waals surface area contributed by atoms with Crippen molar-refractivity contribution in [3.8, 4) is 11.3 Å². The van der Waals surface area contributed by atoms with E-state index in [4.69, 9.17) is 33.0 Å². The number of fused-ring (bicyclic) bond motifs is 1. The maximum absolute atomic E-state index is 13.4. The number of carbonyl (C=O) groups excluding carboxylic acids is 2. The third-order valence-electron chi connectivity index (χ3n) is 6.11. The number of hydrogen-bond acceptors (Lipinski definition) is 9. The van der Waals surface area contributed by atoms with Gasteiger partial charge in [-0.05, 0) is 37.6 Å². The Hall–Kier alpha value is -4.74. The van der Waals surface area contributed by atoms with E-state index in [1.54, 1.807) is 6.07 Å². The number of unbranched alkanes of at least 4 members (excludes halogenated alkanes) is 1. The molecule has 2 amide bonds. The van der Waals surface area contributed by atoms with Crippen LogP contribution in [-0.2, 0) is 15.8 Å². The Morgan fingerprint density at radius 1 is 1.18 bits per heavy atom. The largest absolute Gasteiger partial charge is 0.483 e. The van der Waals surface area contributed by atoms with Gasteiger partial charge in [0.25, 0.3) is 12.4 Å². The number of aromatic nitrogens is 5. The number of hydrogen-bond donors (Lipinski definition) is 7. The van der Waals surface area contributed by atoms with E-state index in [1.807, 2.05) is 0 Å². The van der Waals surface area contributed by atoms with Crippen LogP contribution in [0, 0.1) is 0 Å². The lowest BCUT2D eigenvalue weighted by Gasteiger charge is -2.13. The number of H-pyrrole nitrogens is 1. The molecule has 3 heterocycles. The van der Waals surface area contributed by atoms with Crippen LogP contribution in [0.3, 0.4) is 0 Å². The summed E-state index contributed by atoms with van der Waals surface area (Å²) < 4.78 is 41.5. The van der Waals surface area contributed by atoms with Gasteiger partial charge in [-0.3, -0.25) is 23.9 Å². The molecule has 236 valence electrons. The molecule has 0 aliphatic carbocycles. The zero-order valence-corrected chi connectivity index (χ0v) is 23.8. The van der Waals surface area contributed by atoms with Crippen LogP contribution in [0.2, 0.25) is 5.02 Å². The van der Waals surface area contributed by atoms with Crippen LogP contribution in [0.5, 0.6) is 0 Å². The summed E-state index contributed by atoms with van der Waals surface area (Å²) in [7, 11) is 0. The molecule has 1 atom stereocenters. The van der Waals surface area contributed by atoms with Crippen molar-refractivity contribution in [3.63, 3.8) is 0 Å². The fourth-order valence-electron chi connectivity index (χ4n) is 4.05. The number of nitrogens with two attached hydrogens (primary N) is 2. The molecule has 0 fully saturated rings. The molecule has 4 aromatic rings. The summed E-state index contributed by atoms with van der Waals surface area (Å²) in [5, 5.41) is 21.0. The number of nitrogens with zero attached hydrogens (tertiary/aromatic N) is 4. The normalized spacial score (nSPS) is 11.8. The molecule has 3 aromatic heterocycles. The molecule has 44 heavy (non-hydrogen) atoms. The average Bonchev–Trinajstić information content (AvgIpc) is 3.64. The molecule has 0 unspecified atom stereocenters. The van der Waals surface area contributed by atoms with E-state index in [1.165, 1.54) is 35.1 Å². The molecule has 0 aliphatic heterocycles. The van der Waals surface area contributed by atoms with E-state index in [-0.39, 0.29) is 58.8 Å². The van der Waals surface area contributed by atoms with Gasteiger partial charge in [-0.25, -0.2) is 9.97 Å². The predicted molar refractivity (Wildman–Crippen MR) is 155 cm³/mol. The van der Waals surface area contributed by atoms with Gasteiger partial charge in [-0.15, -0.1) is 0 Å². The van der Waals surface area contributed by atoms with Crippen LogP contribution in [0.4, 0.5) is 24.7 Å². The van der Waals surface area contributed by atoms with E-state index in [2.05, 4.69) is 36.1 Å². The number of alkyl halides is 3. The Morgan fingerprint density at radius 2 is 1.91 bits per heavy atom. The van der Waals surface area contributed by atoms with Crippen LogP contribution in [0.25, 0.3) is 16.9 Å². The minimum atomic E-state index is -4.65. The minimum absolute atomic E-state index is 0.141. The number of amides is 2. The zero-order valence-electron chi connectivity index (χ0n) is 23.1. The lowest BCUT2D eigenvalue weighted by Crippen LogP contribution is -2.43. The van der Waals surface area contributed by atoms with Crippen LogP contribution in [0.1, 0.15) is 35.3 Å². The Balaban J connectivity index is 0.00000169. The molecule has 0 bridgehead atoms. The fraction of sp³-hybridized carbons (Fsp3) is 0.308. The molecule has 0 aliphatic rings. The Morgan fingerprint density at radius 3 is 2.59 bits per heavy atom. The molecule has 0 radical (unpaired) electrons. The van der Waals surface area contributed by atoms with Gasteiger partial charge >= 0.3 is 6.18 Å². The second kappa shape index (κ2) is 15.6. The van der Waals surface area contributed by atoms with Gasteiger partial charge in [0.05, 0.1) is 34.1 Å². The second-order valence-electron chi connectivity index (χ2n) is 9.12. The van der Waals surface area contributed by atoms with Crippen LogP contribution < -0.4 is 27.4 Å². The molecule has 9 N–H and O–H groups in total. The van der Waals surface area contributed by atoms with Gasteiger partial charge in [0, 0.05) is 37.4 Å². The van der Waals surface area contributed by atoms with Gasteiger partial charge in [0.2, 0.25) is 5.91 Å². The van der Waals surface area contributed by atoms with Crippen molar-refractivity contribution in [2.24, 2.45) is 11.5 Å². The SMILES string of the molecule is NCCCC[C@H](N)C(=O)NCCNC(=O)c1ccc(Nc2nccn3c(-c4c[nH]nc4C(F)(F)F)cnc23)cc1Cl.O=CO. The van der Waals surface area contributed by atoms with Crippen molar-refractivity contribution >= 4 is 47.0 Å². The summed E-state index contributed by atoms with van der Waals surface area (Å²) in [6, 6.07) is 3.97. The molecule has 1 aromatic carbocycles. The second-order valence-corrected chi connectivity index (χ2v) is 9.53. The monoisotopic (exact) mass is 638 g/mol. The van der Waals surface area contributed by atoms with E-state index in [0.717, 1.165) is 19.0 Å². The first-order valence-corrected chi connectivity index (χ1v) is 13.5. The highest BCUT2D eigenvalue weighted by molar-refractivity contribution is 6.34. The summed E-state index contributed by atoms with van der Waals surface area (Å²) in [5.41, 5.74) is 11.2. The van der Waals surface area contributed by atoms with Crippen molar-refractivity contribution in [3.05, 3.63) is 59.3 Å². The van der Waals surface area contributed by atoms with Gasteiger partial charge < -0.3 is 32.5 Å². The first-order valence-electron chi connectivity index (χ1n) is 13.1. The zero-order chi connectivity index (χ0) is 32.3. The highest BCUT2D eigenvalue weighted by Gasteiger charge is 2.37. The lowest BCUT2D eigenvalue weighted by atomic mass is 10.1. The van der Waals surface area contributed by atoms with Gasteiger partial charge in [-0.2, -0.15) is 18.3 Å². The fourth-order valence-corrected chi connectivity index (χ4v) is 4.32. The van der Waals surface area contributed by atoms with E-state index in [0.29, 0.717) is 18.7 Å². The minimum Gasteiger partial charge on any atom is -0.483 e. The molecule has 4 rings (SSSR count). The van der Waals surface area contributed by atoms with E-state index >= 15 is 0 Å². The van der Waals surface area contributed by atoms with Crippen molar-refractivity contribution in [2.75, 3.05) is 25.0 Å². The summed E-state index contributed by atoms with van der Waals surface area (Å²) in [6.07, 6.45) is 2.76. The maximum Gasteiger partial charge on any atom is 0.435 e. The van der Waals surface area contributed by atoms with Crippen molar-refractivity contribution in [1.29, 1.82) is 0 Å². The van der Waals surface area contributed by atoms with E-state index in [9.17, 15) is 22.8 Å². The van der Waals surface area contributed by atoms with Crippen LogP contribution >= 0.6 is 11.6 Å². The van der Waals surface area contributed by atoms with Gasteiger partial charge in [-0.1, -0.05) is 18.0 Å². The number of nitrogens with one attached hydrogen (secondary N) is 4. The first-order chi connectivity index (χ1) is 21.0. The standard InChI is InChI=1S/C25H28ClF3N10O2.CH2O2/c26-17-11-14(4-5-15(17)23(40)33-7-8-34-24(41)18(31)3-1-2-6-30)37-21-22-35-13-19(39(22)10-9-32-21)16-12-36-38-20(16)25(27,28)29;2-1-3/h4-5,9-13,18H,1-3,6-8,30-31H2,(H,32,37)(H,33,40)(H,34,41)(H,36,38);1H,(H,2,3)/t18-;/m0./s1. The number of anilines is 2. The van der Waals surface area contributed by atoms with Gasteiger partial charge in [0.1, 0.15) is 0 Å². The highest BCUT2D eigenvalue weighted by atomic mass is 35.5. The van der Waals surface area contributed by atoms with Crippen LogP contribution in [0.15, 0.2) is 43.0 Å². The number of aromatic amines is 1. The number of halogens is 4. The number of imidazole rings is 1.